The van der Waals surface area contributed by atoms with Crippen LogP contribution in [-0.4, -0.2) is 26.9 Å². The van der Waals surface area contributed by atoms with Gasteiger partial charge in [0, 0.05) is 5.56 Å². The molecule has 0 bridgehead atoms. The molecular formula is C13H21BrN2O3. The van der Waals surface area contributed by atoms with Crippen molar-refractivity contribution in [2.45, 2.75) is 26.0 Å². The van der Waals surface area contributed by atoms with E-state index in [1.165, 1.54) is 0 Å². The van der Waals surface area contributed by atoms with Gasteiger partial charge in [-0.15, -0.1) is 0 Å². The van der Waals surface area contributed by atoms with Crippen LogP contribution in [0.15, 0.2) is 16.6 Å². The lowest BCUT2D eigenvalue weighted by Crippen LogP contribution is -2.32. The molecule has 1 rings (SSSR count). The molecule has 3 N–H and O–H groups in total. The molecule has 1 atom stereocenters. The van der Waals surface area contributed by atoms with Gasteiger partial charge in [0.15, 0.2) is 0 Å². The van der Waals surface area contributed by atoms with E-state index >= 15 is 0 Å². The maximum absolute atomic E-state index is 5.60. The molecule has 108 valence electrons. The van der Waals surface area contributed by atoms with E-state index in [0.717, 1.165) is 10.0 Å². The highest BCUT2D eigenvalue weighted by molar-refractivity contribution is 9.10. The normalized spacial score (nSPS) is 12.6. The largest absolute Gasteiger partial charge is 0.495 e. The number of nitrogens with one attached hydrogen (secondary N) is 1. The Morgan fingerprint density at radius 3 is 2.42 bits per heavy atom. The fraction of sp³-hybridized carbons (Fsp3) is 0.538. The Morgan fingerprint density at radius 2 is 1.95 bits per heavy atom. The third-order valence-electron chi connectivity index (χ3n) is 2.69. The third kappa shape index (κ3) is 4.07. The van der Waals surface area contributed by atoms with Crippen LogP contribution in [0.4, 0.5) is 0 Å². The van der Waals surface area contributed by atoms with Gasteiger partial charge < -0.3 is 14.2 Å². The number of rotatable bonds is 7. The van der Waals surface area contributed by atoms with Gasteiger partial charge in [0.25, 0.3) is 0 Å². The number of hydrazine groups is 1. The zero-order chi connectivity index (χ0) is 14.4. The number of nitrogens with two attached hydrogens (primary N) is 1. The van der Waals surface area contributed by atoms with Crippen molar-refractivity contribution in [1.29, 1.82) is 0 Å². The number of benzene rings is 1. The molecule has 0 amide bonds. The molecule has 0 saturated carbocycles. The number of ether oxygens (including phenoxy) is 3. The Kier molecular flexibility index (Phi) is 6.57. The summed E-state index contributed by atoms with van der Waals surface area (Å²) >= 11 is 3.47. The van der Waals surface area contributed by atoms with E-state index in [0.29, 0.717) is 18.1 Å². The van der Waals surface area contributed by atoms with Crippen LogP contribution in [0, 0.1) is 0 Å². The molecule has 0 radical (unpaired) electrons. The molecule has 0 aliphatic heterocycles. The molecular weight excluding hydrogens is 312 g/mol. The molecule has 6 heteroatoms. The fourth-order valence-electron chi connectivity index (χ4n) is 1.71. The standard InChI is InChI=1S/C13H21BrN2O3/c1-8(2)19-7-10(16-15)9-5-6-11(17-3)12(14)13(9)18-4/h5-6,8,10,16H,7,15H2,1-4H3. The summed E-state index contributed by atoms with van der Waals surface area (Å²) in [5.74, 6) is 7.00. The molecule has 19 heavy (non-hydrogen) atoms. The highest BCUT2D eigenvalue weighted by Crippen LogP contribution is 2.39. The van der Waals surface area contributed by atoms with Gasteiger partial charge in [0.05, 0.1) is 33.0 Å². The average Bonchev–Trinajstić information content (AvgIpc) is 2.39. The van der Waals surface area contributed by atoms with Crippen molar-refractivity contribution in [3.05, 3.63) is 22.2 Å². The lowest BCUT2D eigenvalue weighted by molar-refractivity contribution is 0.0606. The molecule has 1 aromatic carbocycles. The molecule has 0 aromatic heterocycles. The van der Waals surface area contributed by atoms with Crippen LogP contribution in [0.5, 0.6) is 11.5 Å². The second-order valence-corrected chi connectivity index (χ2v) is 5.10. The molecule has 1 unspecified atom stereocenters. The SMILES string of the molecule is COc1ccc(C(COC(C)C)NN)c(OC)c1Br. The van der Waals surface area contributed by atoms with Gasteiger partial charge in [0.2, 0.25) is 0 Å². The van der Waals surface area contributed by atoms with E-state index in [1.807, 2.05) is 26.0 Å². The lowest BCUT2D eigenvalue weighted by Gasteiger charge is -2.22. The van der Waals surface area contributed by atoms with Gasteiger partial charge in [-0.1, -0.05) is 0 Å². The topological polar surface area (TPSA) is 65.7 Å². The lowest BCUT2D eigenvalue weighted by atomic mass is 10.1. The Labute approximate surface area is 122 Å². The molecule has 5 nitrogen and oxygen atoms in total. The Bertz CT molecular complexity index is 413. The predicted octanol–water partition coefficient (Wildman–Crippen LogP) is 2.40. The van der Waals surface area contributed by atoms with Crippen molar-refractivity contribution < 1.29 is 14.2 Å². The van der Waals surface area contributed by atoms with Crippen molar-refractivity contribution in [2.24, 2.45) is 5.84 Å². The summed E-state index contributed by atoms with van der Waals surface area (Å²) in [6.45, 7) is 4.42. The van der Waals surface area contributed by atoms with E-state index in [9.17, 15) is 0 Å². The zero-order valence-corrected chi connectivity index (χ0v) is 13.3. The Hall–Kier alpha value is -0.820. The quantitative estimate of drug-likeness (QED) is 0.592. The summed E-state index contributed by atoms with van der Waals surface area (Å²) in [4.78, 5) is 0. The molecule has 1 aromatic rings. The summed E-state index contributed by atoms with van der Waals surface area (Å²) in [5.41, 5.74) is 3.66. The first kappa shape index (κ1) is 16.2. The second kappa shape index (κ2) is 7.69. The van der Waals surface area contributed by atoms with Crippen molar-refractivity contribution in [1.82, 2.24) is 5.43 Å². The molecule has 0 spiro atoms. The first-order valence-electron chi connectivity index (χ1n) is 6.03. The van der Waals surface area contributed by atoms with Crippen LogP contribution < -0.4 is 20.7 Å². The maximum atomic E-state index is 5.60. The summed E-state index contributed by atoms with van der Waals surface area (Å²) in [5, 5.41) is 0. The molecule has 0 fully saturated rings. The zero-order valence-electron chi connectivity index (χ0n) is 11.7. The van der Waals surface area contributed by atoms with Gasteiger partial charge in [-0.25, -0.2) is 0 Å². The molecule has 0 aliphatic rings. The van der Waals surface area contributed by atoms with Crippen molar-refractivity contribution in [3.63, 3.8) is 0 Å². The van der Waals surface area contributed by atoms with E-state index < -0.39 is 0 Å². The second-order valence-electron chi connectivity index (χ2n) is 4.31. The van der Waals surface area contributed by atoms with Crippen molar-refractivity contribution >= 4 is 15.9 Å². The first-order valence-corrected chi connectivity index (χ1v) is 6.82. The average molecular weight is 333 g/mol. The first-order chi connectivity index (χ1) is 9.04. The minimum atomic E-state index is -0.153. The van der Waals surface area contributed by atoms with E-state index in [1.54, 1.807) is 14.2 Å². The third-order valence-corrected chi connectivity index (χ3v) is 3.44. The van der Waals surface area contributed by atoms with Crippen LogP contribution in [-0.2, 0) is 4.74 Å². The number of halogens is 1. The van der Waals surface area contributed by atoms with E-state index in [4.69, 9.17) is 20.1 Å². The summed E-state index contributed by atoms with van der Waals surface area (Å²) < 4.78 is 17.0. The summed E-state index contributed by atoms with van der Waals surface area (Å²) in [6, 6.07) is 3.62. The number of hydrogen-bond acceptors (Lipinski definition) is 5. The fourth-order valence-corrected chi connectivity index (χ4v) is 2.39. The van der Waals surface area contributed by atoms with Gasteiger partial charge in [0.1, 0.15) is 16.0 Å². The van der Waals surface area contributed by atoms with Crippen LogP contribution in [0.1, 0.15) is 25.5 Å². The Balaban J connectivity index is 3.06. The van der Waals surface area contributed by atoms with Gasteiger partial charge in [-0.05, 0) is 41.9 Å². The molecule has 0 saturated heterocycles. The minimum absolute atomic E-state index is 0.142. The molecule has 0 aliphatic carbocycles. The van der Waals surface area contributed by atoms with Gasteiger partial charge in [-0.3, -0.25) is 11.3 Å². The highest BCUT2D eigenvalue weighted by atomic mass is 79.9. The van der Waals surface area contributed by atoms with Crippen LogP contribution in [0.25, 0.3) is 0 Å². The van der Waals surface area contributed by atoms with E-state index in [-0.39, 0.29) is 12.1 Å². The number of hydrogen-bond donors (Lipinski definition) is 2. The van der Waals surface area contributed by atoms with Crippen molar-refractivity contribution in [3.8, 4) is 11.5 Å². The van der Waals surface area contributed by atoms with Crippen LogP contribution in [0.2, 0.25) is 0 Å². The monoisotopic (exact) mass is 332 g/mol. The van der Waals surface area contributed by atoms with E-state index in [2.05, 4.69) is 21.4 Å². The summed E-state index contributed by atoms with van der Waals surface area (Å²) in [7, 11) is 3.22. The minimum Gasteiger partial charge on any atom is -0.495 e. The van der Waals surface area contributed by atoms with Crippen LogP contribution in [0.3, 0.4) is 0 Å². The molecule has 0 heterocycles. The van der Waals surface area contributed by atoms with Gasteiger partial charge >= 0.3 is 0 Å². The maximum Gasteiger partial charge on any atom is 0.141 e. The van der Waals surface area contributed by atoms with Gasteiger partial charge in [-0.2, -0.15) is 0 Å². The Morgan fingerprint density at radius 1 is 1.26 bits per heavy atom. The van der Waals surface area contributed by atoms with Crippen molar-refractivity contribution in [2.75, 3.05) is 20.8 Å². The predicted molar refractivity (Wildman–Crippen MR) is 78.4 cm³/mol. The summed E-state index contributed by atoms with van der Waals surface area (Å²) in [6.07, 6.45) is 0.142. The number of methoxy groups -OCH3 is 2. The smallest absolute Gasteiger partial charge is 0.141 e. The van der Waals surface area contributed by atoms with Crippen LogP contribution >= 0.6 is 15.9 Å². The highest BCUT2D eigenvalue weighted by Gasteiger charge is 2.20.